The first kappa shape index (κ1) is 11.8. The number of halogens is 1. The third kappa shape index (κ3) is 3.14. The standard InChI is InChI=1S/C13H16FN3/c1-10-5-11(3-4-13(10)14)7-17(2)8-12-6-15-9-16-12/h3-6,9H,7-8H2,1-2H3,(H,15,16). The van der Waals surface area contributed by atoms with Crippen molar-refractivity contribution in [2.75, 3.05) is 7.05 Å². The molecule has 1 N–H and O–H groups in total. The molecule has 2 rings (SSSR count). The third-order valence-electron chi connectivity index (χ3n) is 2.67. The Hall–Kier alpha value is -1.68. The van der Waals surface area contributed by atoms with Gasteiger partial charge in [-0.2, -0.15) is 0 Å². The molecule has 0 saturated carbocycles. The smallest absolute Gasteiger partial charge is 0.126 e. The predicted molar refractivity (Wildman–Crippen MR) is 64.9 cm³/mol. The molecule has 2 aromatic rings. The van der Waals surface area contributed by atoms with Gasteiger partial charge in [0.2, 0.25) is 0 Å². The minimum Gasteiger partial charge on any atom is -0.347 e. The fourth-order valence-electron chi connectivity index (χ4n) is 1.83. The van der Waals surface area contributed by atoms with E-state index in [4.69, 9.17) is 0 Å². The van der Waals surface area contributed by atoms with Crippen LogP contribution >= 0.6 is 0 Å². The average Bonchev–Trinajstić information content (AvgIpc) is 2.76. The van der Waals surface area contributed by atoms with Crippen LogP contribution in [0.2, 0.25) is 0 Å². The topological polar surface area (TPSA) is 31.9 Å². The number of rotatable bonds is 4. The Morgan fingerprint density at radius 1 is 1.35 bits per heavy atom. The summed E-state index contributed by atoms with van der Waals surface area (Å²) in [7, 11) is 2.03. The van der Waals surface area contributed by atoms with Crippen LogP contribution in [0.4, 0.5) is 4.39 Å². The van der Waals surface area contributed by atoms with Gasteiger partial charge in [-0.05, 0) is 31.2 Å². The SMILES string of the molecule is Cc1cc(CN(C)Cc2cnc[nH]2)ccc1F. The van der Waals surface area contributed by atoms with Crippen LogP contribution in [0.1, 0.15) is 16.8 Å². The normalized spacial score (nSPS) is 11.1. The van der Waals surface area contributed by atoms with Crippen molar-refractivity contribution in [2.24, 2.45) is 0 Å². The molecule has 0 radical (unpaired) electrons. The number of hydrogen-bond acceptors (Lipinski definition) is 2. The first-order valence-corrected chi connectivity index (χ1v) is 5.56. The summed E-state index contributed by atoms with van der Waals surface area (Å²) >= 11 is 0. The van der Waals surface area contributed by atoms with E-state index in [0.717, 1.165) is 24.3 Å². The van der Waals surface area contributed by atoms with Crippen LogP contribution in [0.25, 0.3) is 0 Å². The first-order chi connectivity index (χ1) is 8.15. The second-order valence-corrected chi connectivity index (χ2v) is 4.33. The molecule has 4 heteroatoms. The summed E-state index contributed by atoms with van der Waals surface area (Å²) in [6.07, 6.45) is 3.48. The molecule has 1 aromatic heterocycles. The van der Waals surface area contributed by atoms with E-state index in [1.807, 2.05) is 25.4 Å². The molecular formula is C13H16FN3. The molecule has 0 saturated heterocycles. The highest BCUT2D eigenvalue weighted by Gasteiger charge is 2.04. The van der Waals surface area contributed by atoms with Gasteiger partial charge in [-0.25, -0.2) is 9.37 Å². The fourth-order valence-corrected chi connectivity index (χ4v) is 1.83. The van der Waals surface area contributed by atoms with Crippen LogP contribution in [0, 0.1) is 12.7 Å². The number of imidazole rings is 1. The average molecular weight is 233 g/mol. The molecule has 0 atom stereocenters. The monoisotopic (exact) mass is 233 g/mol. The molecule has 90 valence electrons. The summed E-state index contributed by atoms with van der Waals surface area (Å²) in [5.41, 5.74) is 2.88. The minimum absolute atomic E-state index is 0.148. The molecule has 0 aliphatic heterocycles. The number of aromatic amines is 1. The van der Waals surface area contributed by atoms with Crippen molar-refractivity contribution in [1.82, 2.24) is 14.9 Å². The van der Waals surface area contributed by atoms with Crippen LogP contribution < -0.4 is 0 Å². The first-order valence-electron chi connectivity index (χ1n) is 5.56. The van der Waals surface area contributed by atoms with Gasteiger partial charge in [-0.3, -0.25) is 4.90 Å². The van der Waals surface area contributed by atoms with Crippen LogP contribution in [0.15, 0.2) is 30.7 Å². The van der Waals surface area contributed by atoms with Gasteiger partial charge in [0.05, 0.1) is 6.33 Å². The third-order valence-corrected chi connectivity index (χ3v) is 2.67. The Balaban J connectivity index is 1.98. The molecule has 1 heterocycles. The molecular weight excluding hydrogens is 217 g/mol. The van der Waals surface area contributed by atoms with Gasteiger partial charge in [-0.1, -0.05) is 12.1 Å². The Kier molecular flexibility index (Phi) is 3.54. The van der Waals surface area contributed by atoms with E-state index in [1.165, 1.54) is 6.07 Å². The van der Waals surface area contributed by atoms with Crippen molar-refractivity contribution in [3.05, 3.63) is 53.4 Å². The van der Waals surface area contributed by atoms with Crippen LogP contribution in [-0.2, 0) is 13.1 Å². The molecule has 0 fully saturated rings. The number of hydrogen-bond donors (Lipinski definition) is 1. The van der Waals surface area contributed by atoms with Gasteiger partial charge in [-0.15, -0.1) is 0 Å². The maximum Gasteiger partial charge on any atom is 0.126 e. The predicted octanol–water partition coefficient (Wildman–Crippen LogP) is 2.49. The van der Waals surface area contributed by atoms with Crippen molar-refractivity contribution in [3.8, 4) is 0 Å². The molecule has 17 heavy (non-hydrogen) atoms. The van der Waals surface area contributed by atoms with Crippen molar-refractivity contribution >= 4 is 0 Å². The zero-order valence-corrected chi connectivity index (χ0v) is 10.1. The molecule has 0 bridgehead atoms. The Morgan fingerprint density at radius 3 is 2.82 bits per heavy atom. The summed E-state index contributed by atoms with van der Waals surface area (Å²) in [6, 6.07) is 5.24. The van der Waals surface area contributed by atoms with E-state index >= 15 is 0 Å². The van der Waals surface area contributed by atoms with E-state index in [2.05, 4.69) is 14.9 Å². The second kappa shape index (κ2) is 5.10. The van der Waals surface area contributed by atoms with Gasteiger partial charge in [0, 0.05) is 25.0 Å². The fraction of sp³-hybridized carbons (Fsp3) is 0.308. The van der Waals surface area contributed by atoms with Gasteiger partial charge in [0.1, 0.15) is 5.82 Å². The summed E-state index contributed by atoms with van der Waals surface area (Å²) in [6.45, 7) is 3.38. The van der Waals surface area contributed by atoms with Crippen molar-refractivity contribution in [1.29, 1.82) is 0 Å². The quantitative estimate of drug-likeness (QED) is 0.879. The lowest BCUT2D eigenvalue weighted by Crippen LogP contribution is -2.17. The van der Waals surface area contributed by atoms with Crippen LogP contribution in [0.3, 0.4) is 0 Å². The summed E-state index contributed by atoms with van der Waals surface area (Å²) in [5.74, 6) is -0.148. The van der Waals surface area contributed by atoms with Gasteiger partial charge >= 0.3 is 0 Å². The Bertz CT molecular complexity index is 479. The summed E-state index contributed by atoms with van der Waals surface area (Å²) < 4.78 is 13.1. The number of benzene rings is 1. The number of nitrogens with one attached hydrogen (secondary N) is 1. The summed E-state index contributed by atoms with van der Waals surface area (Å²) in [5, 5.41) is 0. The highest BCUT2D eigenvalue weighted by molar-refractivity contribution is 5.23. The van der Waals surface area contributed by atoms with Gasteiger partial charge in [0.15, 0.2) is 0 Å². The highest BCUT2D eigenvalue weighted by Crippen LogP contribution is 2.11. The van der Waals surface area contributed by atoms with Crippen LogP contribution in [-0.4, -0.2) is 21.9 Å². The lowest BCUT2D eigenvalue weighted by Gasteiger charge is -2.16. The number of aromatic nitrogens is 2. The van der Waals surface area contributed by atoms with E-state index in [0.29, 0.717) is 5.56 Å². The number of aryl methyl sites for hydroxylation is 1. The number of H-pyrrole nitrogens is 1. The maximum atomic E-state index is 13.1. The zero-order chi connectivity index (χ0) is 12.3. The maximum absolute atomic E-state index is 13.1. The minimum atomic E-state index is -0.148. The largest absolute Gasteiger partial charge is 0.347 e. The Labute approximate surface area is 100 Å². The Morgan fingerprint density at radius 2 is 2.18 bits per heavy atom. The molecule has 0 aliphatic carbocycles. The van der Waals surface area contributed by atoms with E-state index in [1.54, 1.807) is 13.3 Å². The van der Waals surface area contributed by atoms with Crippen molar-refractivity contribution in [2.45, 2.75) is 20.0 Å². The van der Waals surface area contributed by atoms with E-state index < -0.39 is 0 Å². The molecule has 0 unspecified atom stereocenters. The van der Waals surface area contributed by atoms with E-state index in [9.17, 15) is 4.39 Å². The zero-order valence-electron chi connectivity index (χ0n) is 10.1. The van der Waals surface area contributed by atoms with Crippen molar-refractivity contribution in [3.63, 3.8) is 0 Å². The summed E-state index contributed by atoms with van der Waals surface area (Å²) in [4.78, 5) is 9.19. The highest BCUT2D eigenvalue weighted by atomic mass is 19.1. The molecule has 1 aromatic carbocycles. The molecule has 0 amide bonds. The second-order valence-electron chi connectivity index (χ2n) is 4.33. The lowest BCUT2D eigenvalue weighted by molar-refractivity contribution is 0.315. The van der Waals surface area contributed by atoms with Gasteiger partial charge in [0.25, 0.3) is 0 Å². The van der Waals surface area contributed by atoms with Gasteiger partial charge < -0.3 is 4.98 Å². The molecule has 0 spiro atoms. The number of nitrogens with zero attached hydrogens (tertiary/aromatic N) is 2. The van der Waals surface area contributed by atoms with Crippen molar-refractivity contribution < 1.29 is 4.39 Å². The lowest BCUT2D eigenvalue weighted by atomic mass is 10.1. The van der Waals surface area contributed by atoms with E-state index in [-0.39, 0.29) is 5.82 Å². The van der Waals surface area contributed by atoms with Crippen LogP contribution in [0.5, 0.6) is 0 Å². The molecule has 3 nitrogen and oxygen atoms in total. The molecule has 0 aliphatic rings.